The van der Waals surface area contributed by atoms with Gasteiger partial charge in [0.1, 0.15) is 23.6 Å². The standard InChI is InChI=1S/C18H18BrN3O3/c1-2-13-16(22-6-4-3-5-14(22)21-13)15(18(24)25)10-7-11(9-20)17(23)12(19)8-10/h7-8,15,23H,2-6H2,1H3,(H,24,25). The Bertz CT molecular complexity index is 883. The number of phenols is 1. The van der Waals surface area contributed by atoms with Crippen molar-refractivity contribution in [3.8, 4) is 11.8 Å². The van der Waals surface area contributed by atoms with E-state index in [0.29, 0.717) is 22.2 Å². The number of carboxylic acids is 1. The molecule has 0 saturated heterocycles. The molecule has 0 amide bonds. The first kappa shape index (κ1) is 17.5. The first-order valence-electron chi connectivity index (χ1n) is 8.21. The van der Waals surface area contributed by atoms with Gasteiger partial charge in [-0.05, 0) is 52.9 Å². The molecule has 1 unspecified atom stereocenters. The van der Waals surface area contributed by atoms with E-state index in [4.69, 9.17) is 0 Å². The second-order valence-corrected chi connectivity index (χ2v) is 6.96. The highest BCUT2D eigenvalue weighted by molar-refractivity contribution is 9.10. The lowest BCUT2D eigenvalue weighted by atomic mass is 9.92. The summed E-state index contributed by atoms with van der Waals surface area (Å²) in [6.45, 7) is 2.72. The van der Waals surface area contributed by atoms with Crippen LogP contribution in [-0.4, -0.2) is 25.7 Å². The van der Waals surface area contributed by atoms with Crippen molar-refractivity contribution in [3.05, 3.63) is 44.9 Å². The number of aromatic nitrogens is 2. The molecule has 6 nitrogen and oxygen atoms in total. The minimum absolute atomic E-state index is 0.0482. The molecule has 0 saturated carbocycles. The van der Waals surface area contributed by atoms with Gasteiger partial charge in [-0.25, -0.2) is 4.98 Å². The normalized spacial score (nSPS) is 14.6. The Hall–Kier alpha value is -2.33. The van der Waals surface area contributed by atoms with E-state index in [9.17, 15) is 20.3 Å². The van der Waals surface area contributed by atoms with Crippen LogP contribution < -0.4 is 0 Å². The molecule has 1 aliphatic heterocycles. The van der Waals surface area contributed by atoms with Crippen LogP contribution in [0.1, 0.15) is 54.0 Å². The van der Waals surface area contributed by atoms with E-state index in [1.165, 1.54) is 6.07 Å². The number of carboxylic acid groups (broad SMARTS) is 1. The number of nitriles is 1. The lowest BCUT2D eigenvalue weighted by Gasteiger charge is -2.21. The number of hydrogen-bond acceptors (Lipinski definition) is 4. The second kappa shape index (κ2) is 6.89. The van der Waals surface area contributed by atoms with Crippen LogP contribution in [0, 0.1) is 11.3 Å². The predicted molar refractivity (Wildman–Crippen MR) is 94.5 cm³/mol. The van der Waals surface area contributed by atoms with Crippen molar-refractivity contribution in [1.29, 1.82) is 5.26 Å². The predicted octanol–water partition coefficient (Wildman–Crippen LogP) is 3.34. The van der Waals surface area contributed by atoms with E-state index in [2.05, 4.69) is 20.9 Å². The Morgan fingerprint density at radius 3 is 2.88 bits per heavy atom. The SMILES string of the molecule is CCc1nc2n(c1C(C(=O)O)c1cc(Br)c(O)c(C#N)c1)CCCC2. The van der Waals surface area contributed by atoms with E-state index in [-0.39, 0.29) is 11.3 Å². The molecule has 1 atom stereocenters. The number of carbonyl (C=O) groups is 1. The number of hydrogen-bond donors (Lipinski definition) is 2. The van der Waals surface area contributed by atoms with Gasteiger partial charge in [0.05, 0.1) is 21.4 Å². The number of nitrogens with zero attached hydrogens (tertiary/aromatic N) is 3. The molecule has 0 fully saturated rings. The monoisotopic (exact) mass is 403 g/mol. The van der Waals surface area contributed by atoms with Crippen LogP contribution in [0.3, 0.4) is 0 Å². The summed E-state index contributed by atoms with van der Waals surface area (Å²) in [4.78, 5) is 16.8. The third-order valence-corrected chi connectivity index (χ3v) is 5.19. The molecule has 2 N–H and O–H groups in total. The summed E-state index contributed by atoms with van der Waals surface area (Å²) in [7, 11) is 0. The Balaban J connectivity index is 2.22. The maximum absolute atomic E-state index is 12.1. The Kier molecular flexibility index (Phi) is 4.82. The summed E-state index contributed by atoms with van der Waals surface area (Å²) in [6.07, 6.45) is 3.54. The molecule has 1 aliphatic rings. The first-order chi connectivity index (χ1) is 12.0. The number of phenolic OH excluding ortho intramolecular Hbond substituents is 1. The van der Waals surface area contributed by atoms with Crippen LogP contribution >= 0.6 is 15.9 Å². The minimum Gasteiger partial charge on any atom is -0.505 e. The quantitative estimate of drug-likeness (QED) is 0.815. The summed E-state index contributed by atoms with van der Waals surface area (Å²) in [5.74, 6) is -1.17. The van der Waals surface area contributed by atoms with E-state index in [0.717, 1.165) is 37.3 Å². The molecule has 1 aromatic heterocycles. The molecule has 0 aliphatic carbocycles. The van der Waals surface area contributed by atoms with Crippen molar-refractivity contribution in [2.75, 3.05) is 0 Å². The lowest BCUT2D eigenvalue weighted by molar-refractivity contribution is -0.137. The van der Waals surface area contributed by atoms with Crippen molar-refractivity contribution in [1.82, 2.24) is 9.55 Å². The van der Waals surface area contributed by atoms with Crippen LogP contribution in [0.15, 0.2) is 16.6 Å². The zero-order valence-electron chi connectivity index (χ0n) is 13.8. The molecule has 2 aromatic rings. The van der Waals surface area contributed by atoms with E-state index in [1.54, 1.807) is 6.07 Å². The number of aliphatic carboxylic acids is 1. The zero-order chi connectivity index (χ0) is 18.1. The third-order valence-electron chi connectivity index (χ3n) is 4.59. The van der Waals surface area contributed by atoms with Crippen molar-refractivity contribution >= 4 is 21.9 Å². The Labute approximate surface area is 153 Å². The minimum atomic E-state index is -0.996. The van der Waals surface area contributed by atoms with Crippen LogP contribution in [0.4, 0.5) is 0 Å². The van der Waals surface area contributed by atoms with Crippen LogP contribution in [0.5, 0.6) is 5.75 Å². The Morgan fingerprint density at radius 2 is 2.24 bits per heavy atom. The van der Waals surface area contributed by atoms with Gasteiger partial charge in [0, 0.05) is 13.0 Å². The van der Waals surface area contributed by atoms with Crippen molar-refractivity contribution in [2.24, 2.45) is 0 Å². The fourth-order valence-corrected chi connectivity index (χ4v) is 3.91. The van der Waals surface area contributed by atoms with E-state index in [1.807, 2.05) is 17.6 Å². The molecule has 2 heterocycles. The number of imidazole rings is 1. The van der Waals surface area contributed by atoms with Gasteiger partial charge in [-0.2, -0.15) is 5.26 Å². The number of rotatable bonds is 4. The van der Waals surface area contributed by atoms with Gasteiger partial charge in [-0.3, -0.25) is 4.79 Å². The van der Waals surface area contributed by atoms with Gasteiger partial charge in [-0.1, -0.05) is 6.92 Å². The van der Waals surface area contributed by atoms with Crippen LogP contribution in [0.25, 0.3) is 0 Å². The molecule has 3 rings (SSSR count). The van der Waals surface area contributed by atoms with Crippen molar-refractivity contribution < 1.29 is 15.0 Å². The number of benzene rings is 1. The van der Waals surface area contributed by atoms with Gasteiger partial charge in [0.2, 0.25) is 0 Å². The average molecular weight is 404 g/mol. The number of aryl methyl sites for hydroxylation is 2. The number of aromatic hydroxyl groups is 1. The topological polar surface area (TPSA) is 99.1 Å². The molecule has 7 heteroatoms. The van der Waals surface area contributed by atoms with Crippen molar-refractivity contribution in [3.63, 3.8) is 0 Å². The molecule has 25 heavy (non-hydrogen) atoms. The Morgan fingerprint density at radius 1 is 1.48 bits per heavy atom. The molecule has 1 aromatic carbocycles. The molecule has 0 bridgehead atoms. The smallest absolute Gasteiger partial charge is 0.317 e. The van der Waals surface area contributed by atoms with Gasteiger partial charge < -0.3 is 14.8 Å². The summed E-state index contributed by atoms with van der Waals surface area (Å²) < 4.78 is 2.33. The zero-order valence-corrected chi connectivity index (χ0v) is 15.4. The summed E-state index contributed by atoms with van der Waals surface area (Å²) >= 11 is 3.21. The molecule has 0 radical (unpaired) electrons. The maximum Gasteiger partial charge on any atom is 0.317 e. The van der Waals surface area contributed by atoms with Gasteiger partial charge in [-0.15, -0.1) is 0 Å². The number of halogens is 1. The second-order valence-electron chi connectivity index (χ2n) is 6.10. The maximum atomic E-state index is 12.1. The fraction of sp³-hybridized carbons (Fsp3) is 0.389. The van der Waals surface area contributed by atoms with Gasteiger partial charge in [0.15, 0.2) is 0 Å². The lowest BCUT2D eigenvalue weighted by Crippen LogP contribution is -2.21. The number of fused-ring (bicyclic) bond motifs is 1. The van der Waals surface area contributed by atoms with Crippen LogP contribution in [0.2, 0.25) is 0 Å². The molecule has 130 valence electrons. The third kappa shape index (κ3) is 3.02. The summed E-state index contributed by atoms with van der Waals surface area (Å²) in [5, 5.41) is 29.1. The van der Waals surface area contributed by atoms with Gasteiger partial charge >= 0.3 is 5.97 Å². The average Bonchev–Trinajstić information content (AvgIpc) is 2.96. The summed E-state index contributed by atoms with van der Waals surface area (Å²) in [5.41, 5.74) is 1.97. The van der Waals surface area contributed by atoms with Gasteiger partial charge in [0.25, 0.3) is 0 Å². The summed E-state index contributed by atoms with van der Waals surface area (Å²) in [6, 6.07) is 4.92. The molecular weight excluding hydrogens is 386 g/mol. The highest BCUT2D eigenvalue weighted by Gasteiger charge is 2.32. The first-order valence-corrected chi connectivity index (χ1v) is 9.00. The van der Waals surface area contributed by atoms with Crippen molar-refractivity contribution in [2.45, 2.75) is 45.1 Å². The van der Waals surface area contributed by atoms with E-state index >= 15 is 0 Å². The molecular formula is C18H18BrN3O3. The van der Waals surface area contributed by atoms with Crippen LogP contribution in [-0.2, 0) is 24.2 Å². The highest BCUT2D eigenvalue weighted by Crippen LogP contribution is 2.36. The highest BCUT2D eigenvalue weighted by atomic mass is 79.9. The fourth-order valence-electron chi connectivity index (χ4n) is 3.43. The molecule has 0 spiro atoms. The van der Waals surface area contributed by atoms with E-state index < -0.39 is 11.9 Å². The largest absolute Gasteiger partial charge is 0.505 e.